The molecule has 1 aromatic rings. The third kappa shape index (κ3) is 2.75. The Morgan fingerprint density at radius 1 is 1.19 bits per heavy atom. The summed E-state index contributed by atoms with van der Waals surface area (Å²) < 4.78 is 0. The summed E-state index contributed by atoms with van der Waals surface area (Å²) in [5.74, 6) is 0. The number of aryl methyl sites for hydroxylation is 2. The first kappa shape index (κ1) is 11.0. The van der Waals surface area contributed by atoms with Crippen LogP contribution in [0.4, 0.5) is 10.5 Å². The highest BCUT2D eigenvalue weighted by molar-refractivity contribution is 5.89. The Morgan fingerprint density at radius 2 is 1.81 bits per heavy atom. The minimum atomic E-state index is -0.0882. The molecule has 3 heteroatoms. The van der Waals surface area contributed by atoms with E-state index in [-0.39, 0.29) is 6.03 Å². The van der Waals surface area contributed by atoms with Crippen LogP contribution in [-0.4, -0.2) is 12.1 Å². The lowest BCUT2D eigenvalue weighted by molar-refractivity contribution is 0.240. The second kappa shape index (κ2) is 4.56. The first-order valence-corrected chi connectivity index (χ1v) is 5.79. The molecule has 1 aromatic carbocycles. The Balaban J connectivity index is 1.94. The van der Waals surface area contributed by atoms with Gasteiger partial charge in [-0.2, -0.15) is 0 Å². The normalized spacial score (nSPS) is 15.4. The summed E-state index contributed by atoms with van der Waals surface area (Å²) in [5, 5.41) is 5.83. The molecule has 2 rings (SSSR count). The molecule has 1 aliphatic rings. The number of nitrogens with one attached hydrogen (secondary N) is 2. The van der Waals surface area contributed by atoms with Gasteiger partial charge >= 0.3 is 6.03 Å². The summed E-state index contributed by atoms with van der Waals surface area (Å²) in [6.07, 6.45) is 3.45. The molecule has 16 heavy (non-hydrogen) atoms. The van der Waals surface area contributed by atoms with Crippen molar-refractivity contribution in [3.05, 3.63) is 29.3 Å². The van der Waals surface area contributed by atoms with Gasteiger partial charge in [0.1, 0.15) is 0 Å². The van der Waals surface area contributed by atoms with Crippen molar-refractivity contribution in [3.8, 4) is 0 Å². The summed E-state index contributed by atoms with van der Waals surface area (Å²) in [6.45, 7) is 4.06. The molecule has 1 aliphatic carbocycles. The highest BCUT2D eigenvalue weighted by Gasteiger charge is 2.19. The third-order valence-corrected chi connectivity index (χ3v) is 2.92. The Bertz CT molecular complexity index is 377. The van der Waals surface area contributed by atoms with Gasteiger partial charge in [0, 0.05) is 11.7 Å². The van der Waals surface area contributed by atoms with Crippen molar-refractivity contribution in [2.75, 3.05) is 5.32 Å². The number of urea groups is 1. The fraction of sp³-hybridized carbons (Fsp3) is 0.462. The second-order valence-corrected chi connectivity index (χ2v) is 4.60. The zero-order valence-corrected chi connectivity index (χ0v) is 9.84. The van der Waals surface area contributed by atoms with Gasteiger partial charge in [0.2, 0.25) is 0 Å². The van der Waals surface area contributed by atoms with E-state index in [9.17, 15) is 4.79 Å². The minimum absolute atomic E-state index is 0.0882. The van der Waals surface area contributed by atoms with Crippen LogP contribution in [0, 0.1) is 13.8 Å². The number of rotatable bonds is 2. The Labute approximate surface area is 96.2 Å². The van der Waals surface area contributed by atoms with Crippen LogP contribution >= 0.6 is 0 Å². The van der Waals surface area contributed by atoms with E-state index in [0.29, 0.717) is 6.04 Å². The van der Waals surface area contributed by atoms with Gasteiger partial charge in [-0.1, -0.05) is 6.07 Å². The first-order chi connectivity index (χ1) is 7.63. The van der Waals surface area contributed by atoms with Gasteiger partial charge in [-0.15, -0.1) is 0 Å². The predicted molar refractivity (Wildman–Crippen MR) is 65.7 cm³/mol. The standard InChI is InChI=1S/C13H18N2O/c1-9-6-10(2)8-12(7-9)15-13(16)14-11-4-3-5-11/h6-8,11H,3-5H2,1-2H3,(H2,14,15,16). The molecule has 3 nitrogen and oxygen atoms in total. The van der Waals surface area contributed by atoms with E-state index in [1.165, 1.54) is 17.5 Å². The summed E-state index contributed by atoms with van der Waals surface area (Å²) in [6, 6.07) is 6.34. The SMILES string of the molecule is Cc1cc(C)cc(NC(=O)NC2CCC2)c1. The molecule has 0 heterocycles. The highest BCUT2D eigenvalue weighted by atomic mass is 16.2. The van der Waals surface area contributed by atoms with E-state index in [1.807, 2.05) is 26.0 Å². The lowest BCUT2D eigenvalue weighted by atomic mass is 9.93. The van der Waals surface area contributed by atoms with Crippen LogP contribution in [0.1, 0.15) is 30.4 Å². The maximum atomic E-state index is 11.6. The Kier molecular flexibility index (Phi) is 3.13. The minimum Gasteiger partial charge on any atom is -0.335 e. The van der Waals surface area contributed by atoms with Crippen LogP contribution in [0.25, 0.3) is 0 Å². The monoisotopic (exact) mass is 218 g/mol. The molecule has 86 valence electrons. The van der Waals surface area contributed by atoms with Crippen molar-refractivity contribution >= 4 is 11.7 Å². The van der Waals surface area contributed by atoms with Crippen molar-refractivity contribution in [2.24, 2.45) is 0 Å². The molecule has 0 saturated heterocycles. The van der Waals surface area contributed by atoms with Crippen LogP contribution in [0.2, 0.25) is 0 Å². The lowest BCUT2D eigenvalue weighted by Gasteiger charge is -2.26. The molecule has 0 unspecified atom stereocenters. The van der Waals surface area contributed by atoms with Crippen molar-refractivity contribution < 1.29 is 4.79 Å². The lowest BCUT2D eigenvalue weighted by Crippen LogP contribution is -2.41. The van der Waals surface area contributed by atoms with E-state index in [4.69, 9.17) is 0 Å². The van der Waals surface area contributed by atoms with E-state index in [2.05, 4.69) is 16.7 Å². The second-order valence-electron chi connectivity index (χ2n) is 4.60. The van der Waals surface area contributed by atoms with Crippen molar-refractivity contribution in [3.63, 3.8) is 0 Å². The number of benzene rings is 1. The smallest absolute Gasteiger partial charge is 0.319 e. The van der Waals surface area contributed by atoms with Gasteiger partial charge in [-0.3, -0.25) is 0 Å². The molecule has 0 spiro atoms. The summed E-state index contributed by atoms with van der Waals surface area (Å²) >= 11 is 0. The quantitative estimate of drug-likeness (QED) is 0.787. The molecule has 0 aromatic heterocycles. The first-order valence-electron chi connectivity index (χ1n) is 5.79. The summed E-state index contributed by atoms with van der Waals surface area (Å²) in [7, 11) is 0. The fourth-order valence-corrected chi connectivity index (χ4v) is 1.95. The van der Waals surface area contributed by atoms with E-state index >= 15 is 0 Å². The molecule has 1 fully saturated rings. The topological polar surface area (TPSA) is 41.1 Å². The molecule has 0 atom stereocenters. The van der Waals surface area contributed by atoms with Gasteiger partial charge in [-0.05, 0) is 56.4 Å². The average Bonchev–Trinajstić information content (AvgIpc) is 2.09. The molecule has 2 N–H and O–H groups in total. The van der Waals surface area contributed by atoms with Crippen LogP contribution in [0.3, 0.4) is 0 Å². The molecular weight excluding hydrogens is 200 g/mol. The Morgan fingerprint density at radius 3 is 2.31 bits per heavy atom. The zero-order chi connectivity index (χ0) is 11.5. The maximum Gasteiger partial charge on any atom is 0.319 e. The van der Waals surface area contributed by atoms with Crippen molar-refractivity contribution in [2.45, 2.75) is 39.2 Å². The van der Waals surface area contributed by atoms with Gasteiger partial charge in [0.25, 0.3) is 0 Å². The van der Waals surface area contributed by atoms with Gasteiger partial charge in [0.05, 0.1) is 0 Å². The average molecular weight is 218 g/mol. The molecule has 1 saturated carbocycles. The summed E-state index contributed by atoms with van der Waals surface area (Å²) in [4.78, 5) is 11.6. The van der Waals surface area contributed by atoms with E-state index < -0.39 is 0 Å². The molecule has 0 aliphatic heterocycles. The summed E-state index contributed by atoms with van der Waals surface area (Å²) in [5.41, 5.74) is 3.20. The fourth-order valence-electron chi connectivity index (χ4n) is 1.95. The number of hydrogen-bond acceptors (Lipinski definition) is 1. The third-order valence-electron chi connectivity index (χ3n) is 2.92. The van der Waals surface area contributed by atoms with E-state index in [0.717, 1.165) is 18.5 Å². The van der Waals surface area contributed by atoms with Gasteiger partial charge in [-0.25, -0.2) is 4.79 Å². The number of hydrogen-bond donors (Lipinski definition) is 2. The van der Waals surface area contributed by atoms with Crippen molar-refractivity contribution in [1.82, 2.24) is 5.32 Å². The number of amides is 2. The highest BCUT2D eigenvalue weighted by Crippen LogP contribution is 2.18. The molecule has 2 amide bonds. The van der Waals surface area contributed by atoms with Gasteiger partial charge < -0.3 is 10.6 Å². The number of carbonyl (C=O) groups excluding carboxylic acids is 1. The molecular formula is C13H18N2O. The zero-order valence-electron chi connectivity index (χ0n) is 9.84. The van der Waals surface area contributed by atoms with Crippen LogP contribution in [0.5, 0.6) is 0 Å². The molecule has 0 bridgehead atoms. The van der Waals surface area contributed by atoms with Crippen LogP contribution in [-0.2, 0) is 0 Å². The number of carbonyl (C=O) groups is 1. The van der Waals surface area contributed by atoms with Gasteiger partial charge in [0.15, 0.2) is 0 Å². The maximum absolute atomic E-state index is 11.6. The van der Waals surface area contributed by atoms with Crippen LogP contribution < -0.4 is 10.6 Å². The van der Waals surface area contributed by atoms with Crippen LogP contribution in [0.15, 0.2) is 18.2 Å². The van der Waals surface area contributed by atoms with E-state index in [1.54, 1.807) is 0 Å². The predicted octanol–water partition coefficient (Wildman–Crippen LogP) is 2.98. The Hall–Kier alpha value is -1.51. The largest absolute Gasteiger partial charge is 0.335 e. The number of anilines is 1. The van der Waals surface area contributed by atoms with Crippen molar-refractivity contribution in [1.29, 1.82) is 0 Å². The molecule has 0 radical (unpaired) electrons.